The molecule has 1 aliphatic carbocycles. The molecule has 2 fully saturated rings. The molecule has 0 bridgehead atoms. The number of nitrogens with one attached hydrogen (secondary N) is 1. The summed E-state index contributed by atoms with van der Waals surface area (Å²) in [6.45, 7) is 7.25. The smallest absolute Gasteiger partial charge is 0.274 e. The molecule has 1 spiro atoms. The van der Waals surface area contributed by atoms with E-state index in [-0.39, 0.29) is 14.2 Å². The van der Waals surface area contributed by atoms with Crippen LogP contribution in [0.1, 0.15) is 63.9 Å². The topological polar surface area (TPSA) is 61.8 Å². The number of halogens is 1. The van der Waals surface area contributed by atoms with E-state index in [9.17, 15) is 9.18 Å². The van der Waals surface area contributed by atoms with Crippen LogP contribution in [-0.4, -0.2) is 41.8 Å². The average Bonchev–Trinajstić information content (AvgIpc) is 2.67. The fourth-order valence-corrected chi connectivity index (χ4v) is 4.58. The predicted molar refractivity (Wildman–Crippen MR) is 101 cm³/mol. The van der Waals surface area contributed by atoms with Crippen LogP contribution in [0.4, 0.5) is 4.39 Å². The molecule has 0 unspecified atom stereocenters. The maximum absolute atomic E-state index is 14.4. The van der Waals surface area contributed by atoms with Crippen molar-refractivity contribution in [3.63, 3.8) is 0 Å². The van der Waals surface area contributed by atoms with Gasteiger partial charge >= 0.3 is 0 Å². The summed E-state index contributed by atoms with van der Waals surface area (Å²) >= 11 is 0. The Balaban J connectivity index is 0.000000950. The zero-order chi connectivity index (χ0) is 18.7. The van der Waals surface area contributed by atoms with Crippen LogP contribution in [0.3, 0.4) is 0 Å². The minimum absolute atomic E-state index is 0. The molecule has 2 N–H and O–H groups in total. The number of ether oxygens (including phenoxy) is 1. The van der Waals surface area contributed by atoms with Crippen LogP contribution >= 0.6 is 0 Å². The maximum atomic E-state index is 14.4. The summed E-state index contributed by atoms with van der Waals surface area (Å²) in [6.07, 6.45) is 5.44. The second-order valence-corrected chi connectivity index (χ2v) is 7.48. The highest BCUT2D eigenvalue weighted by Crippen LogP contribution is 2.49. The van der Waals surface area contributed by atoms with E-state index in [2.05, 4.69) is 4.90 Å². The molecule has 2 heterocycles. The number of nitrogens with zero attached hydrogens (tertiary/aromatic N) is 1. The molecule has 1 aromatic rings. The van der Waals surface area contributed by atoms with Gasteiger partial charge in [0.25, 0.3) is 5.91 Å². The van der Waals surface area contributed by atoms with E-state index in [0.29, 0.717) is 23.6 Å². The highest BCUT2D eigenvalue weighted by Gasteiger charge is 2.47. The van der Waals surface area contributed by atoms with E-state index in [1.807, 2.05) is 13.8 Å². The van der Waals surface area contributed by atoms with Crippen molar-refractivity contribution >= 4 is 5.91 Å². The van der Waals surface area contributed by atoms with Gasteiger partial charge < -0.3 is 4.74 Å². The summed E-state index contributed by atoms with van der Waals surface area (Å²) in [7, 11) is 0. The molecule has 1 aromatic carbocycles. The molecule has 4 rings (SSSR count). The van der Waals surface area contributed by atoms with Crippen LogP contribution in [0.5, 0.6) is 0 Å². The van der Waals surface area contributed by atoms with E-state index in [0.717, 1.165) is 51.0 Å². The molecule has 148 valence electrons. The van der Waals surface area contributed by atoms with Crippen LogP contribution in [0.25, 0.3) is 0 Å². The SMILES string of the molecule is CC.O=C(NO)c1cc(F)c2c(c1)CCN(C1CC3(CCCOC3)C1)C2.[HH].[HH]. The number of hydrogen-bond donors (Lipinski definition) is 2. The van der Waals surface area contributed by atoms with Gasteiger partial charge in [0.15, 0.2) is 0 Å². The molecule has 3 aliphatic rings. The van der Waals surface area contributed by atoms with Gasteiger partial charge in [-0.25, -0.2) is 9.87 Å². The molecule has 0 aromatic heterocycles. The highest BCUT2D eigenvalue weighted by molar-refractivity contribution is 5.93. The van der Waals surface area contributed by atoms with Crippen molar-refractivity contribution in [3.05, 3.63) is 34.6 Å². The molecular weight excluding hydrogens is 335 g/mol. The van der Waals surface area contributed by atoms with Crippen LogP contribution in [0.15, 0.2) is 12.1 Å². The van der Waals surface area contributed by atoms with Gasteiger partial charge in [0, 0.05) is 39.7 Å². The second kappa shape index (κ2) is 8.03. The zero-order valence-electron chi connectivity index (χ0n) is 15.7. The van der Waals surface area contributed by atoms with Crippen molar-refractivity contribution in [2.75, 3.05) is 19.8 Å². The number of carbonyl (C=O) groups excluding carboxylic acids is 1. The Morgan fingerprint density at radius 1 is 1.42 bits per heavy atom. The van der Waals surface area contributed by atoms with Gasteiger partial charge in [-0.2, -0.15) is 0 Å². The lowest BCUT2D eigenvalue weighted by Crippen LogP contribution is -2.55. The third kappa shape index (κ3) is 3.63. The molecule has 0 radical (unpaired) electrons. The first-order valence-corrected chi connectivity index (χ1v) is 9.68. The van der Waals surface area contributed by atoms with E-state index in [4.69, 9.17) is 9.94 Å². The van der Waals surface area contributed by atoms with Crippen LogP contribution < -0.4 is 5.48 Å². The lowest BCUT2D eigenvalue weighted by atomic mass is 9.62. The molecule has 2 aliphatic heterocycles. The lowest BCUT2D eigenvalue weighted by Gasteiger charge is -2.54. The Kier molecular flexibility index (Phi) is 5.95. The number of hydrogen-bond acceptors (Lipinski definition) is 4. The van der Waals surface area contributed by atoms with Crippen molar-refractivity contribution < 1.29 is 22.0 Å². The summed E-state index contributed by atoms with van der Waals surface area (Å²) in [4.78, 5) is 13.9. The van der Waals surface area contributed by atoms with Gasteiger partial charge in [0.1, 0.15) is 5.82 Å². The van der Waals surface area contributed by atoms with Crippen molar-refractivity contribution in [1.29, 1.82) is 0 Å². The van der Waals surface area contributed by atoms with Crippen molar-refractivity contribution in [2.45, 2.75) is 58.5 Å². The Morgan fingerprint density at radius 3 is 2.85 bits per heavy atom. The van der Waals surface area contributed by atoms with E-state index in [1.165, 1.54) is 12.5 Å². The summed E-state index contributed by atoms with van der Waals surface area (Å²) in [6, 6.07) is 3.42. The number of carbonyl (C=O) groups is 1. The third-order valence-electron chi connectivity index (χ3n) is 5.94. The van der Waals surface area contributed by atoms with Crippen LogP contribution in [0.2, 0.25) is 0 Å². The summed E-state index contributed by atoms with van der Waals surface area (Å²) in [5.41, 5.74) is 3.67. The second-order valence-electron chi connectivity index (χ2n) is 7.48. The minimum Gasteiger partial charge on any atom is -0.381 e. The van der Waals surface area contributed by atoms with Crippen molar-refractivity contribution in [1.82, 2.24) is 10.4 Å². The van der Waals surface area contributed by atoms with Gasteiger partial charge in [-0.3, -0.25) is 14.9 Å². The molecular formula is C20H33FN2O3. The first-order chi connectivity index (χ1) is 12.6. The standard InChI is InChI=1S/C18H23FN2O3.C2H6.2H2/c19-16-7-13(17(22)20-23)6-12-2-4-21(10-15(12)16)14-8-18(9-14)3-1-5-24-11-18;1-2;;/h6-7,14,23H,1-5,8-11H2,(H,20,22);1-2H3;2*1H. The molecule has 26 heavy (non-hydrogen) atoms. The number of rotatable bonds is 2. The molecule has 6 heteroatoms. The summed E-state index contributed by atoms with van der Waals surface area (Å²) in [5, 5.41) is 8.72. The quantitative estimate of drug-likeness (QED) is 0.616. The first-order valence-electron chi connectivity index (χ1n) is 9.68. The first kappa shape index (κ1) is 19.3. The largest absolute Gasteiger partial charge is 0.381 e. The van der Waals surface area contributed by atoms with Gasteiger partial charge in [0.05, 0.1) is 6.61 Å². The van der Waals surface area contributed by atoms with E-state index < -0.39 is 5.91 Å². The summed E-state index contributed by atoms with van der Waals surface area (Å²) in [5.74, 6) is -1.02. The van der Waals surface area contributed by atoms with E-state index in [1.54, 1.807) is 11.5 Å². The number of hydroxylamine groups is 1. The summed E-state index contributed by atoms with van der Waals surface area (Å²) < 4.78 is 20.1. The van der Waals surface area contributed by atoms with Gasteiger partial charge in [-0.15, -0.1) is 0 Å². The highest BCUT2D eigenvalue weighted by atomic mass is 19.1. The average molecular weight is 368 g/mol. The fourth-order valence-electron chi connectivity index (χ4n) is 4.58. The van der Waals surface area contributed by atoms with Crippen LogP contribution in [-0.2, 0) is 17.7 Å². The minimum atomic E-state index is -0.669. The van der Waals surface area contributed by atoms with E-state index >= 15 is 0 Å². The molecule has 5 nitrogen and oxygen atoms in total. The number of fused-ring (bicyclic) bond motifs is 1. The van der Waals surface area contributed by atoms with Gasteiger partial charge in [-0.05, 0) is 55.2 Å². The fraction of sp³-hybridized carbons (Fsp3) is 0.650. The van der Waals surface area contributed by atoms with Crippen molar-refractivity contribution in [2.24, 2.45) is 5.41 Å². The van der Waals surface area contributed by atoms with Gasteiger partial charge in [0.2, 0.25) is 0 Å². The Hall–Kier alpha value is -1.50. The zero-order valence-corrected chi connectivity index (χ0v) is 15.7. The Bertz CT molecular complexity index is 661. The van der Waals surface area contributed by atoms with Crippen molar-refractivity contribution in [3.8, 4) is 0 Å². The predicted octanol–water partition coefficient (Wildman–Crippen LogP) is 3.78. The van der Waals surface area contributed by atoms with Crippen LogP contribution in [0, 0.1) is 11.2 Å². The molecule has 1 saturated carbocycles. The Morgan fingerprint density at radius 2 is 2.19 bits per heavy atom. The van der Waals surface area contributed by atoms with Gasteiger partial charge in [-0.1, -0.05) is 13.8 Å². The monoisotopic (exact) mass is 368 g/mol. The third-order valence-corrected chi connectivity index (χ3v) is 5.94. The lowest BCUT2D eigenvalue weighted by molar-refractivity contribution is -0.0985. The molecule has 0 atom stereocenters. The number of benzene rings is 1. The normalized spacial score (nSPS) is 27.8. The molecule has 1 saturated heterocycles. The Labute approximate surface area is 157 Å². The molecule has 1 amide bonds. The number of amides is 1. The maximum Gasteiger partial charge on any atom is 0.274 e.